The van der Waals surface area contributed by atoms with E-state index in [1.165, 1.54) is 6.20 Å². The number of alkyl halides is 3. The summed E-state index contributed by atoms with van der Waals surface area (Å²) < 4.78 is 62.3. The molecule has 3 aromatic rings. The number of benzene rings is 1. The molecule has 1 aliphatic rings. The summed E-state index contributed by atoms with van der Waals surface area (Å²) in [6.07, 6.45) is -1.77. The van der Waals surface area contributed by atoms with Crippen molar-refractivity contribution < 1.29 is 27.1 Å². The Labute approximate surface area is 235 Å². The smallest absolute Gasteiger partial charge is 0.416 e. The van der Waals surface area contributed by atoms with Gasteiger partial charge in [0.05, 0.1) is 41.1 Å². The second-order valence-electron chi connectivity index (χ2n) is 9.71. The van der Waals surface area contributed by atoms with Crippen LogP contribution in [0.3, 0.4) is 0 Å². The second kappa shape index (κ2) is 12.8. The molecule has 0 atom stereocenters. The van der Waals surface area contributed by atoms with Crippen LogP contribution in [0.2, 0.25) is 0 Å². The molecule has 1 aromatic carbocycles. The number of aryl methyl sites for hydroxylation is 2. The molecule has 0 unspecified atom stereocenters. The number of nitrogens with zero attached hydrogens (tertiary/aromatic N) is 5. The standard InChI is InChI=1S/C28H33F4N7O2/c1-5-38-7-9-39(10-8-38)16-20-11-22(29)23(13-21(20)28(30,31)32)36-27(40)37-24-15-34-26(35-17(24)3)19-12-25(41-6-2)18(4)33-14-19/h11-15H,5-10,16H2,1-4H3,(H2,36,37,40). The van der Waals surface area contributed by atoms with Gasteiger partial charge in [-0.2, -0.15) is 13.2 Å². The molecular weight excluding hydrogens is 542 g/mol. The highest BCUT2D eigenvalue weighted by atomic mass is 19.4. The summed E-state index contributed by atoms with van der Waals surface area (Å²) in [5.41, 5.74) is 0.157. The number of hydrogen-bond donors (Lipinski definition) is 2. The van der Waals surface area contributed by atoms with Crippen LogP contribution in [0.25, 0.3) is 11.4 Å². The average molecular weight is 576 g/mol. The fourth-order valence-electron chi connectivity index (χ4n) is 4.55. The van der Waals surface area contributed by atoms with Crippen molar-refractivity contribution in [2.24, 2.45) is 0 Å². The summed E-state index contributed by atoms with van der Waals surface area (Å²) in [5.74, 6) is -0.0247. The summed E-state index contributed by atoms with van der Waals surface area (Å²) >= 11 is 0. The number of anilines is 2. The number of amides is 2. The summed E-state index contributed by atoms with van der Waals surface area (Å²) in [5, 5.41) is 4.67. The van der Waals surface area contributed by atoms with Crippen LogP contribution < -0.4 is 15.4 Å². The van der Waals surface area contributed by atoms with Gasteiger partial charge in [-0.3, -0.25) is 9.88 Å². The largest absolute Gasteiger partial charge is 0.492 e. The molecule has 1 saturated heterocycles. The molecule has 0 radical (unpaired) electrons. The number of ether oxygens (including phenoxy) is 1. The fourth-order valence-corrected chi connectivity index (χ4v) is 4.55. The number of aromatic nitrogens is 3. The number of urea groups is 1. The third-order valence-corrected chi connectivity index (χ3v) is 6.88. The first-order chi connectivity index (χ1) is 19.5. The predicted octanol–water partition coefficient (Wildman–Crippen LogP) is 5.49. The molecule has 13 heteroatoms. The van der Waals surface area contributed by atoms with E-state index in [0.717, 1.165) is 25.7 Å². The Morgan fingerprint density at radius 2 is 1.63 bits per heavy atom. The molecule has 3 heterocycles. The average Bonchev–Trinajstić information content (AvgIpc) is 2.92. The van der Waals surface area contributed by atoms with E-state index in [4.69, 9.17) is 4.74 Å². The van der Waals surface area contributed by atoms with E-state index in [9.17, 15) is 22.4 Å². The highest BCUT2D eigenvalue weighted by Gasteiger charge is 2.35. The number of rotatable bonds is 8. The lowest BCUT2D eigenvalue weighted by atomic mass is 10.0. The van der Waals surface area contributed by atoms with E-state index < -0.39 is 29.3 Å². The molecule has 4 rings (SSSR count). The summed E-state index contributed by atoms with van der Waals surface area (Å²) in [6.45, 7) is 11.3. The number of carbonyl (C=O) groups excluding carboxylic acids is 1. The highest BCUT2D eigenvalue weighted by molar-refractivity contribution is 6.00. The topological polar surface area (TPSA) is 95.5 Å². The molecule has 0 aliphatic carbocycles. The lowest BCUT2D eigenvalue weighted by molar-refractivity contribution is -0.138. The van der Waals surface area contributed by atoms with Crippen LogP contribution in [0.1, 0.15) is 36.4 Å². The van der Waals surface area contributed by atoms with E-state index in [2.05, 4.69) is 30.5 Å². The molecule has 1 aliphatic heterocycles. The first-order valence-electron chi connectivity index (χ1n) is 13.3. The molecule has 1 fully saturated rings. The Morgan fingerprint density at radius 3 is 2.27 bits per heavy atom. The number of likely N-dealkylation sites (N-methyl/N-ethyl adjacent to an activating group) is 1. The van der Waals surface area contributed by atoms with Crippen molar-refractivity contribution >= 4 is 17.4 Å². The van der Waals surface area contributed by atoms with Crippen LogP contribution in [0, 0.1) is 19.7 Å². The maximum Gasteiger partial charge on any atom is 0.416 e. The fraction of sp³-hybridized carbons (Fsp3) is 0.429. The molecule has 0 spiro atoms. The van der Waals surface area contributed by atoms with Crippen molar-refractivity contribution in [1.29, 1.82) is 0 Å². The molecule has 2 aromatic heterocycles. The monoisotopic (exact) mass is 575 g/mol. The van der Waals surface area contributed by atoms with Gasteiger partial charge >= 0.3 is 12.2 Å². The number of carbonyl (C=O) groups is 1. The predicted molar refractivity (Wildman–Crippen MR) is 147 cm³/mol. The van der Waals surface area contributed by atoms with E-state index in [-0.39, 0.29) is 17.8 Å². The minimum Gasteiger partial charge on any atom is -0.492 e. The summed E-state index contributed by atoms with van der Waals surface area (Å²) in [4.78, 5) is 29.7. The Kier molecular flexibility index (Phi) is 9.38. The van der Waals surface area contributed by atoms with Crippen molar-refractivity contribution in [1.82, 2.24) is 24.8 Å². The minimum absolute atomic E-state index is 0.0404. The van der Waals surface area contributed by atoms with Gasteiger partial charge in [0.15, 0.2) is 5.82 Å². The highest BCUT2D eigenvalue weighted by Crippen LogP contribution is 2.36. The number of nitrogens with one attached hydrogen (secondary N) is 2. The van der Waals surface area contributed by atoms with Gasteiger partial charge in [-0.1, -0.05) is 6.92 Å². The first-order valence-corrected chi connectivity index (χ1v) is 13.3. The van der Waals surface area contributed by atoms with E-state index in [0.29, 0.717) is 54.3 Å². The van der Waals surface area contributed by atoms with Crippen LogP contribution in [0.15, 0.2) is 30.6 Å². The molecule has 220 valence electrons. The SMILES string of the molecule is CCOc1cc(-c2ncc(NC(=O)Nc3cc(C(F)(F)F)c(CN4CCN(CC)CC4)cc3F)c(C)n2)cnc1C. The summed E-state index contributed by atoms with van der Waals surface area (Å²) in [7, 11) is 0. The molecule has 0 saturated carbocycles. The molecular formula is C28H33F4N7O2. The zero-order valence-electron chi connectivity index (χ0n) is 23.4. The normalized spacial score (nSPS) is 14.6. The van der Waals surface area contributed by atoms with Crippen molar-refractivity contribution in [3.63, 3.8) is 0 Å². The third kappa shape index (κ3) is 7.47. The molecule has 2 amide bonds. The van der Waals surface area contributed by atoms with Crippen LogP contribution in [0.5, 0.6) is 5.75 Å². The molecule has 2 N–H and O–H groups in total. The molecule has 41 heavy (non-hydrogen) atoms. The number of hydrogen-bond acceptors (Lipinski definition) is 7. The van der Waals surface area contributed by atoms with Gasteiger partial charge in [-0.05, 0) is 51.1 Å². The van der Waals surface area contributed by atoms with Crippen LogP contribution >= 0.6 is 0 Å². The van der Waals surface area contributed by atoms with E-state index >= 15 is 0 Å². The Hall–Kier alpha value is -3.84. The lowest BCUT2D eigenvalue weighted by Gasteiger charge is -2.34. The molecule has 0 bridgehead atoms. The van der Waals surface area contributed by atoms with Gasteiger partial charge in [0.2, 0.25) is 0 Å². The maximum absolute atomic E-state index is 14.9. The lowest BCUT2D eigenvalue weighted by Crippen LogP contribution is -2.45. The second-order valence-corrected chi connectivity index (χ2v) is 9.71. The summed E-state index contributed by atoms with van der Waals surface area (Å²) in [6, 6.07) is 2.31. The van der Waals surface area contributed by atoms with Crippen molar-refractivity contribution in [2.45, 2.75) is 40.4 Å². The molecule has 9 nitrogen and oxygen atoms in total. The van der Waals surface area contributed by atoms with Crippen LogP contribution in [-0.2, 0) is 12.7 Å². The van der Waals surface area contributed by atoms with Crippen molar-refractivity contribution in [3.05, 3.63) is 58.9 Å². The van der Waals surface area contributed by atoms with Gasteiger partial charge in [-0.25, -0.2) is 19.2 Å². The minimum atomic E-state index is -4.73. The quantitative estimate of drug-likeness (QED) is 0.343. The van der Waals surface area contributed by atoms with Gasteiger partial charge in [0.25, 0.3) is 0 Å². The van der Waals surface area contributed by atoms with Gasteiger partial charge < -0.3 is 20.3 Å². The van der Waals surface area contributed by atoms with E-state index in [1.807, 2.05) is 25.7 Å². The number of pyridine rings is 1. The number of piperazine rings is 1. The van der Waals surface area contributed by atoms with Gasteiger partial charge in [-0.15, -0.1) is 0 Å². The van der Waals surface area contributed by atoms with Gasteiger partial charge in [0.1, 0.15) is 11.6 Å². The van der Waals surface area contributed by atoms with Crippen LogP contribution in [-0.4, -0.2) is 70.1 Å². The van der Waals surface area contributed by atoms with E-state index in [1.54, 1.807) is 19.2 Å². The van der Waals surface area contributed by atoms with Crippen molar-refractivity contribution in [2.75, 3.05) is 50.0 Å². The Balaban J connectivity index is 1.48. The van der Waals surface area contributed by atoms with Crippen molar-refractivity contribution in [3.8, 4) is 17.1 Å². The maximum atomic E-state index is 14.9. The number of halogens is 4. The third-order valence-electron chi connectivity index (χ3n) is 6.88. The Morgan fingerprint density at radius 1 is 0.951 bits per heavy atom. The Bertz CT molecular complexity index is 1390. The van der Waals surface area contributed by atoms with Crippen LogP contribution in [0.4, 0.5) is 33.7 Å². The first kappa shape index (κ1) is 30.1. The zero-order chi connectivity index (χ0) is 29.7. The van der Waals surface area contributed by atoms with Gasteiger partial charge in [0, 0.05) is 44.5 Å². The zero-order valence-corrected chi connectivity index (χ0v) is 23.4.